The van der Waals surface area contributed by atoms with Crippen molar-refractivity contribution < 1.29 is 18.3 Å². The first-order valence-corrected chi connectivity index (χ1v) is 9.57. The molecule has 0 aliphatic heterocycles. The van der Waals surface area contributed by atoms with Crippen molar-refractivity contribution in [2.75, 3.05) is 11.9 Å². The molecule has 1 aliphatic carbocycles. The number of hydrogen-bond acceptors (Lipinski definition) is 3. The molecule has 8 heteroatoms. The Morgan fingerprint density at radius 1 is 1.12 bits per heavy atom. The predicted octanol–water partition coefficient (Wildman–Crippen LogP) is 5.02. The van der Waals surface area contributed by atoms with Crippen LogP contribution in [0.25, 0.3) is 0 Å². The van der Waals surface area contributed by atoms with Crippen LogP contribution < -0.4 is 11.1 Å². The lowest BCUT2D eigenvalue weighted by Crippen LogP contribution is -2.47. The third-order valence-electron chi connectivity index (χ3n) is 4.62. The number of halogens is 5. The van der Waals surface area contributed by atoms with Crippen molar-refractivity contribution in [1.82, 2.24) is 0 Å². The monoisotopic (exact) mass is 492 g/mol. The van der Waals surface area contributed by atoms with E-state index in [0.29, 0.717) is 14.6 Å². The molecule has 0 bridgehead atoms. The van der Waals surface area contributed by atoms with Crippen LogP contribution in [-0.2, 0) is 12.0 Å². The van der Waals surface area contributed by atoms with Gasteiger partial charge in [-0.15, -0.1) is 0 Å². The van der Waals surface area contributed by atoms with Crippen LogP contribution in [0.15, 0.2) is 45.3 Å². The lowest BCUT2D eigenvalue weighted by molar-refractivity contribution is -0.260. The highest BCUT2D eigenvalue weighted by Crippen LogP contribution is 2.41. The largest absolute Gasteiger partial charge is 0.423 e. The Labute approximate surface area is 166 Å². The van der Waals surface area contributed by atoms with Crippen LogP contribution in [0.3, 0.4) is 0 Å². The molecule has 2 atom stereocenters. The fraction of sp³-hybridized carbons (Fsp3) is 0.333. The van der Waals surface area contributed by atoms with Crippen LogP contribution in [0.5, 0.6) is 0 Å². The molecule has 0 unspecified atom stereocenters. The Balaban J connectivity index is 1.88. The Kier molecular flexibility index (Phi) is 5.40. The van der Waals surface area contributed by atoms with Gasteiger partial charge in [0.1, 0.15) is 0 Å². The van der Waals surface area contributed by atoms with Crippen LogP contribution in [0, 0.1) is 0 Å². The van der Waals surface area contributed by atoms with Gasteiger partial charge in [0.25, 0.3) is 0 Å². The average molecular weight is 494 g/mol. The minimum absolute atomic E-state index is 0.0230. The van der Waals surface area contributed by atoms with Gasteiger partial charge >= 0.3 is 6.18 Å². The highest BCUT2D eigenvalue weighted by molar-refractivity contribution is 9.11. The molecular formula is C18H17Br2F3N2O. The van der Waals surface area contributed by atoms with Crippen molar-refractivity contribution in [2.24, 2.45) is 5.73 Å². The van der Waals surface area contributed by atoms with E-state index in [9.17, 15) is 18.3 Å². The average Bonchev–Trinajstić information content (AvgIpc) is 2.91. The summed E-state index contributed by atoms with van der Waals surface area (Å²) in [6.07, 6.45) is -3.22. The van der Waals surface area contributed by atoms with Crippen LogP contribution >= 0.6 is 31.9 Å². The molecular weight excluding hydrogens is 477 g/mol. The number of anilines is 1. The third-order valence-corrected chi connectivity index (χ3v) is 5.54. The third kappa shape index (κ3) is 3.78. The van der Waals surface area contributed by atoms with Crippen molar-refractivity contribution >= 4 is 37.5 Å². The topological polar surface area (TPSA) is 58.3 Å². The molecule has 0 radical (unpaired) electrons. The maximum absolute atomic E-state index is 13.7. The molecule has 2 aromatic rings. The van der Waals surface area contributed by atoms with E-state index in [-0.39, 0.29) is 11.6 Å². The van der Waals surface area contributed by atoms with Crippen molar-refractivity contribution in [3.8, 4) is 0 Å². The van der Waals surface area contributed by atoms with Crippen LogP contribution in [-0.4, -0.2) is 17.8 Å². The molecule has 1 aliphatic rings. The van der Waals surface area contributed by atoms with Crippen molar-refractivity contribution in [3.05, 3.63) is 62.0 Å². The van der Waals surface area contributed by atoms with Crippen LogP contribution in [0.4, 0.5) is 18.9 Å². The zero-order valence-electron chi connectivity index (χ0n) is 13.6. The Hall–Kier alpha value is -1.09. The summed E-state index contributed by atoms with van der Waals surface area (Å²) in [5, 5.41) is 13.2. The number of alkyl halides is 3. The summed E-state index contributed by atoms with van der Waals surface area (Å²) >= 11 is 6.33. The number of aryl methyl sites for hydroxylation is 1. The summed E-state index contributed by atoms with van der Waals surface area (Å²) in [5.41, 5.74) is 5.28. The number of nitrogens with two attached hydrogens (primary N) is 1. The molecule has 0 spiro atoms. The lowest BCUT2D eigenvalue weighted by atomic mass is 9.92. The van der Waals surface area contributed by atoms with Gasteiger partial charge in [-0.1, -0.05) is 37.9 Å². The summed E-state index contributed by atoms with van der Waals surface area (Å²) in [7, 11) is 0. The smallest absolute Gasteiger partial charge is 0.381 e. The molecule has 3 rings (SSSR count). The molecule has 3 nitrogen and oxygen atoms in total. The number of fused-ring (bicyclic) bond motifs is 1. The van der Waals surface area contributed by atoms with Crippen molar-refractivity contribution in [3.63, 3.8) is 0 Å². The molecule has 0 heterocycles. The molecule has 4 N–H and O–H groups in total. The number of hydrogen-bond donors (Lipinski definition) is 3. The molecule has 0 aromatic heterocycles. The first-order valence-electron chi connectivity index (χ1n) is 7.98. The summed E-state index contributed by atoms with van der Waals surface area (Å²) in [4.78, 5) is 0. The molecule has 140 valence electrons. The van der Waals surface area contributed by atoms with E-state index >= 15 is 0 Å². The van der Waals surface area contributed by atoms with Gasteiger partial charge in [0.15, 0.2) is 0 Å². The van der Waals surface area contributed by atoms with Crippen LogP contribution in [0.2, 0.25) is 0 Å². The zero-order valence-corrected chi connectivity index (χ0v) is 16.7. The summed E-state index contributed by atoms with van der Waals surface area (Å²) in [6.45, 7) is -0.704. The predicted molar refractivity (Wildman–Crippen MR) is 102 cm³/mol. The minimum atomic E-state index is -4.85. The molecule has 0 saturated carbocycles. The zero-order chi connectivity index (χ0) is 19.1. The van der Waals surface area contributed by atoms with E-state index in [4.69, 9.17) is 5.73 Å². The van der Waals surface area contributed by atoms with Gasteiger partial charge in [0.05, 0.1) is 6.54 Å². The second-order valence-electron chi connectivity index (χ2n) is 6.43. The fourth-order valence-corrected chi connectivity index (χ4v) is 4.44. The number of rotatable bonds is 4. The van der Waals surface area contributed by atoms with Crippen molar-refractivity contribution in [1.29, 1.82) is 0 Å². The second-order valence-corrected chi connectivity index (χ2v) is 8.26. The van der Waals surface area contributed by atoms with E-state index in [0.717, 1.165) is 24.0 Å². The first-order chi connectivity index (χ1) is 12.1. The van der Waals surface area contributed by atoms with Gasteiger partial charge in [0, 0.05) is 20.7 Å². The highest BCUT2D eigenvalue weighted by Gasteiger charge is 2.55. The van der Waals surface area contributed by atoms with Gasteiger partial charge in [-0.25, -0.2) is 0 Å². The normalized spacial score (nSPS) is 19.1. The minimum Gasteiger partial charge on any atom is -0.381 e. The lowest BCUT2D eigenvalue weighted by Gasteiger charge is -2.32. The van der Waals surface area contributed by atoms with E-state index < -0.39 is 18.3 Å². The number of benzene rings is 2. The first kappa shape index (κ1) is 19.7. The Morgan fingerprint density at radius 3 is 2.38 bits per heavy atom. The summed E-state index contributed by atoms with van der Waals surface area (Å²) in [6, 6.07) is 9.44. The molecule has 2 aromatic carbocycles. The molecule has 0 amide bonds. The Bertz CT molecular complexity index is 808. The maximum atomic E-state index is 13.7. The highest BCUT2D eigenvalue weighted by atomic mass is 79.9. The fourth-order valence-electron chi connectivity index (χ4n) is 3.15. The maximum Gasteiger partial charge on any atom is 0.423 e. The van der Waals surface area contributed by atoms with E-state index in [1.807, 2.05) is 6.07 Å². The number of aliphatic hydroxyl groups is 1. The Morgan fingerprint density at radius 2 is 1.77 bits per heavy atom. The van der Waals surface area contributed by atoms with Gasteiger partial charge in [0.2, 0.25) is 5.60 Å². The summed E-state index contributed by atoms with van der Waals surface area (Å²) < 4.78 is 42.0. The van der Waals surface area contributed by atoms with E-state index in [1.54, 1.807) is 18.2 Å². The SMILES string of the molecule is N[C@@H]1CCc2cc(NC[C@](O)(c3cc(Br)cc(Br)c3)C(F)(F)F)ccc21. The van der Waals surface area contributed by atoms with E-state index in [1.165, 1.54) is 12.1 Å². The van der Waals surface area contributed by atoms with Gasteiger partial charge in [-0.2, -0.15) is 13.2 Å². The van der Waals surface area contributed by atoms with E-state index in [2.05, 4.69) is 37.2 Å². The van der Waals surface area contributed by atoms with Crippen LogP contribution in [0.1, 0.15) is 29.2 Å². The quantitative estimate of drug-likeness (QED) is 0.560. The second kappa shape index (κ2) is 7.14. The molecule has 26 heavy (non-hydrogen) atoms. The summed E-state index contributed by atoms with van der Waals surface area (Å²) in [5.74, 6) is 0. The molecule has 0 saturated heterocycles. The van der Waals surface area contributed by atoms with Gasteiger partial charge in [-0.3, -0.25) is 0 Å². The van der Waals surface area contributed by atoms with Gasteiger partial charge < -0.3 is 16.2 Å². The van der Waals surface area contributed by atoms with Crippen molar-refractivity contribution in [2.45, 2.75) is 30.7 Å². The standard InChI is InChI=1S/C18H17Br2F3N2O/c19-12-6-11(7-13(20)8-12)17(26,18(21,22)23)9-25-14-2-3-15-10(5-14)1-4-16(15)24/h2-3,5-8,16,25-26H,1,4,9,24H2/t16-,17+/m1/s1. The number of nitrogens with one attached hydrogen (secondary N) is 1. The molecule has 0 fully saturated rings. The van der Waals surface area contributed by atoms with Gasteiger partial charge in [-0.05, 0) is 59.9 Å².